The highest BCUT2D eigenvalue weighted by molar-refractivity contribution is 7.99. The van der Waals surface area contributed by atoms with E-state index in [1.54, 1.807) is 11.8 Å². The van der Waals surface area contributed by atoms with E-state index in [9.17, 15) is 4.79 Å². The number of nitrogens with zero attached hydrogens (tertiary/aromatic N) is 5. The number of carbonyl (C=O) groups excluding carboxylic acids is 1. The summed E-state index contributed by atoms with van der Waals surface area (Å²) in [5, 5.41) is 9.91. The maximum atomic E-state index is 13.4. The van der Waals surface area contributed by atoms with Crippen molar-refractivity contribution in [2.45, 2.75) is 49.6 Å². The van der Waals surface area contributed by atoms with Gasteiger partial charge in [-0.2, -0.15) is 5.10 Å². The number of hydrogen-bond donors (Lipinski definition) is 1. The molecule has 0 aliphatic carbocycles. The van der Waals surface area contributed by atoms with Gasteiger partial charge in [0.2, 0.25) is 5.91 Å². The molecule has 0 spiro atoms. The van der Waals surface area contributed by atoms with Gasteiger partial charge in [0.1, 0.15) is 5.82 Å². The van der Waals surface area contributed by atoms with Gasteiger partial charge in [0.05, 0.1) is 24.0 Å². The van der Waals surface area contributed by atoms with Crippen molar-refractivity contribution in [2.24, 2.45) is 0 Å². The molecule has 0 unspecified atom stereocenters. The zero-order valence-electron chi connectivity index (χ0n) is 20.8. The molecule has 0 bridgehead atoms. The standard InChI is InChI=1S/C28H32N6OS/c1-20(2)36-28-31-25(33-16-9-10-17-33)23-19-30-34(26(23)32-28)18-15-29-27(35)24(21-11-5-3-6-12-21)22-13-7-4-8-14-22/h3-8,11-14,19-20,24H,9-10,15-18H2,1-2H3,(H,29,35). The highest BCUT2D eigenvalue weighted by Crippen LogP contribution is 2.30. The molecule has 0 radical (unpaired) electrons. The van der Waals surface area contributed by atoms with Crippen molar-refractivity contribution in [3.63, 3.8) is 0 Å². The number of nitrogens with one attached hydrogen (secondary N) is 1. The summed E-state index contributed by atoms with van der Waals surface area (Å²) >= 11 is 1.67. The molecule has 2 aromatic heterocycles. The van der Waals surface area contributed by atoms with E-state index < -0.39 is 0 Å². The molecule has 1 fully saturated rings. The molecule has 4 aromatic rings. The van der Waals surface area contributed by atoms with E-state index in [0.29, 0.717) is 18.3 Å². The third kappa shape index (κ3) is 5.38. The number of rotatable bonds is 9. The first-order chi connectivity index (χ1) is 17.6. The zero-order chi connectivity index (χ0) is 24.9. The second-order valence-corrected chi connectivity index (χ2v) is 10.9. The maximum Gasteiger partial charge on any atom is 0.232 e. The van der Waals surface area contributed by atoms with Crippen molar-refractivity contribution >= 4 is 34.5 Å². The van der Waals surface area contributed by atoms with Crippen molar-refractivity contribution in [1.29, 1.82) is 0 Å². The Morgan fingerprint density at radius 2 is 1.61 bits per heavy atom. The number of benzene rings is 2. The predicted molar refractivity (Wildman–Crippen MR) is 145 cm³/mol. The fraction of sp³-hybridized carbons (Fsp3) is 0.357. The molecule has 0 saturated carbocycles. The number of amides is 1. The van der Waals surface area contributed by atoms with Gasteiger partial charge in [0.15, 0.2) is 10.8 Å². The van der Waals surface area contributed by atoms with Gasteiger partial charge < -0.3 is 10.2 Å². The first-order valence-electron chi connectivity index (χ1n) is 12.6. The minimum absolute atomic E-state index is 0.0210. The number of thioether (sulfide) groups is 1. The minimum Gasteiger partial charge on any atom is -0.356 e. The van der Waals surface area contributed by atoms with Gasteiger partial charge >= 0.3 is 0 Å². The van der Waals surface area contributed by atoms with E-state index in [4.69, 9.17) is 9.97 Å². The van der Waals surface area contributed by atoms with Crippen LogP contribution in [0.4, 0.5) is 5.82 Å². The molecule has 186 valence electrons. The molecule has 2 aromatic carbocycles. The Morgan fingerprint density at radius 3 is 2.22 bits per heavy atom. The summed E-state index contributed by atoms with van der Waals surface area (Å²) in [5.74, 6) is 0.594. The summed E-state index contributed by atoms with van der Waals surface area (Å²) in [6.07, 6.45) is 4.23. The summed E-state index contributed by atoms with van der Waals surface area (Å²) < 4.78 is 1.89. The van der Waals surface area contributed by atoms with Crippen LogP contribution in [0.5, 0.6) is 0 Å². The molecule has 1 aliphatic heterocycles. The molecule has 1 aliphatic rings. The Balaban J connectivity index is 1.35. The lowest BCUT2D eigenvalue weighted by Gasteiger charge is -2.19. The van der Waals surface area contributed by atoms with Gasteiger partial charge in [0, 0.05) is 24.9 Å². The summed E-state index contributed by atoms with van der Waals surface area (Å²) in [4.78, 5) is 25.4. The molecule has 0 atom stereocenters. The van der Waals surface area contributed by atoms with Crippen molar-refractivity contribution in [3.8, 4) is 0 Å². The Kier molecular flexibility index (Phi) is 7.51. The zero-order valence-corrected chi connectivity index (χ0v) is 21.6. The normalized spacial score (nSPS) is 13.7. The number of aromatic nitrogens is 4. The molecule has 36 heavy (non-hydrogen) atoms. The monoisotopic (exact) mass is 500 g/mol. The first-order valence-corrected chi connectivity index (χ1v) is 13.5. The number of hydrogen-bond acceptors (Lipinski definition) is 6. The third-order valence-electron chi connectivity index (χ3n) is 6.35. The van der Waals surface area contributed by atoms with Crippen LogP contribution >= 0.6 is 11.8 Å². The molecule has 1 saturated heterocycles. The van der Waals surface area contributed by atoms with E-state index in [1.807, 2.05) is 71.5 Å². The summed E-state index contributed by atoms with van der Waals surface area (Å²) in [5.41, 5.74) is 2.78. The highest BCUT2D eigenvalue weighted by atomic mass is 32.2. The lowest BCUT2D eigenvalue weighted by atomic mass is 9.90. The smallest absolute Gasteiger partial charge is 0.232 e. The van der Waals surface area contributed by atoms with E-state index in [0.717, 1.165) is 46.2 Å². The van der Waals surface area contributed by atoms with E-state index >= 15 is 0 Å². The Bertz CT molecular complexity index is 1260. The largest absolute Gasteiger partial charge is 0.356 e. The quantitative estimate of drug-likeness (QED) is 0.261. The topological polar surface area (TPSA) is 75.9 Å². The van der Waals surface area contributed by atoms with Gasteiger partial charge in [-0.25, -0.2) is 14.6 Å². The number of anilines is 1. The van der Waals surface area contributed by atoms with Gasteiger partial charge in [-0.05, 0) is 24.0 Å². The average molecular weight is 501 g/mol. The van der Waals surface area contributed by atoms with Crippen LogP contribution in [0.25, 0.3) is 11.0 Å². The first kappa shape index (κ1) is 24.3. The van der Waals surface area contributed by atoms with Gasteiger partial charge in [-0.15, -0.1) is 0 Å². The van der Waals surface area contributed by atoms with Crippen molar-refractivity contribution in [2.75, 3.05) is 24.5 Å². The molecule has 1 amide bonds. The van der Waals surface area contributed by atoms with E-state index in [-0.39, 0.29) is 11.8 Å². The second-order valence-electron chi connectivity index (χ2n) is 9.34. The molecule has 7 nitrogen and oxygen atoms in total. The van der Waals surface area contributed by atoms with Gasteiger partial charge in [0.25, 0.3) is 0 Å². The van der Waals surface area contributed by atoms with E-state index in [2.05, 4.69) is 29.2 Å². The van der Waals surface area contributed by atoms with Crippen LogP contribution < -0.4 is 10.2 Å². The molecular formula is C28H32N6OS. The predicted octanol–water partition coefficient (Wildman–Crippen LogP) is 4.88. The number of fused-ring (bicyclic) bond motifs is 1. The Labute approximate surface area is 216 Å². The van der Waals surface area contributed by atoms with E-state index in [1.165, 1.54) is 12.8 Å². The van der Waals surface area contributed by atoms with Crippen molar-refractivity contribution in [1.82, 2.24) is 25.1 Å². The molecular weight excluding hydrogens is 468 g/mol. The Morgan fingerprint density at radius 1 is 0.972 bits per heavy atom. The SMILES string of the molecule is CC(C)Sc1nc(N2CCCC2)c2cnn(CCNC(=O)C(c3ccccc3)c3ccccc3)c2n1. The summed E-state index contributed by atoms with van der Waals surface area (Å²) in [6, 6.07) is 19.8. The fourth-order valence-corrected chi connectivity index (χ4v) is 5.39. The van der Waals surface area contributed by atoms with Crippen LogP contribution in [0.2, 0.25) is 0 Å². The maximum absolute atomic E-state index is 13.4. The van der Waals surface area contributed by atoms with Crippen LogP contribution in [0, 0.1) is 0 Å². The minimum atomic E-state index is -0.361. The van der Waals surface area contributed by atoms with Crippen LogP contribution in [0.3, 0.4) is 0 Å². The fourth-order valence-electron chi connectivity index (χ4n) is 4.69. The molecule has 5 rings (SSSR count). The van der Waals surface area contributed by atoms with Crippen molar-refractivity contribution < 1.29 is 4.79 Å². The van der Waals surface area contributed by atoms with Crippen LogP contribution in [-0.2, 0) is 11.3 Å². The molecule has 8 heteroatoms. The summed E-state index contributed by atoms with van der Waals surface area (Å²) in [7, 11) is 0. The van der Waals surface area contributed by atoms with Crippen molar-refractivity contribution in [3.05, 3.63) is 78.0 Å². The number of carbonyl (C=O) groups is 1. The molecule has 1 N–H and O–H groups in total. The van der Waals surface area contributed by atoms with Gasteiger partial charge in [-0.3, -0.25) is 4.79 Å². The lowest BCUT2D eigenvalue weighted by Crippen LogP contribution is -2.32. The van der Waals surface area contributed by atoms with Crippen LogP contribution in [0.1, 0.15) is 43.7 Å². The lowest BCUT2D eigenvalue weighted by molar-refractivity contribution is -0.121. The summed E-state index contributed by atoms with van der Waals surface area (Å²) in [6.45, 7) is 7.32. The third-order valence-corrected chi connectivity index (χ3v) is 7.22. The average Bonchev–Trinajstić information content (AvgIpc) is 3.56. The van der Waals surface area contributed by atoms with Crippen LogP contribution in [-0.4, -0.2) is 50.5 Å². The second kappa shape index (κ2) is 11.1. The molecule has 3 heterocycles. The van der Waals surface area contributed by atoms with Crippen LogP contribution in [0.15, 0.2) is 72.0 Å². The van der Waals surface area contributed by atoms with Gasteiger partial charge in [-0.1, -0.05) is 86.3 Å². The highest BCUT2D eigenvalue weighted by Gasteiger charge is 2.23. The Hall–Kier alpha value is -3.39.